The van der Waals surface area contributed by atoms with Crippen molar-refractivity contribution in [2.45, 2.75) is 25.1 Å². The van der Waals surface area contributed by atoms with Crippen molar-refractivity contribution in [2.75, 3.05) is 10.9 Å². The summed E-state index contributed by atoms with van der Waals surface area (Å²) >= 11 is 0. The number of aromatic carboxylic acids is 1. The zero-order valence-corrected chi connectivity index (χ0v) is 17.5. The summed E-state index contributed by atoms with van der Waals surface area (Å²) in [6.45, 7) is -0.588. The number of carbonyl (C=O) groups excluding carboxylic acids is 1. The number of nitrogens with zero attached hydrogens (tertiary/aromatic N) is 1. The topological polar surface area (TPSA) is 113 Å². The standard InChI is InChI=1S/C20H16F4N2O6S/c21-11-1-3-14(9(5-11)7-25-19(29)20(22,23)24)26(33(30)31)15-4-2-12-13-6-10(13)8-32-17(12)16(15)18(27)28/h1-5,10,13,33H,6-8H2,(H,25,29)(H,27,28)/t10-,13-/m0/s1. The number of fused-ring (bicyclic) bond motifs is 3. The van der Waals surface area contributed by atoms with E-state index in [2.05, 4.69) is 0 Å². The number of halogens is 4. The minimum absolute atomic E-state index is 0.0228. The van der Waals surface area contributed by atoms with Crippen molar-refractivity contribution in [3.05, 3.63) is 52.8 Å². The van der Waals surface area contributed by atoms with E-state index in [-0.39, 0.29) is 41.1 Å². The first-order chi connectivity index (χ1) is 15.5. The number of ether oxygens (including phenoxy) is 1. The summed E-state index contributed by atoms with van der Waals surface area (Å²) in [5.41, 5.74) is -0.773. The average Bonchev–Trinajstić information content (AvgIpc) is 3.52. The summed E-state index contributed by atoms with van der Waals surface area (Å²) in [4.78, 5) is 23.3. The van der Waals surface area contributed by atoms with Gasteiger partial charge in [0.1, 0.15) is 17.1 Å². The van der Waals surface area contributed by atoms with Crippen molar-refractivity contribution in [2.24, 2.45) is 5.92 Å². The van der Waals surface area contributed by atoms with E-state index in [1.54, 1.807) is 11.4 Å². The second-order valence-corrected chi connectivity index (χ2v) is 8.48. The van der Waals surface area contributed by atoms with Crippen LogP contribution in [0.4, 0.5) is 28.9 Å². The van der Waals surface area contributed by atoms with Crippen molar-refractivity contribution in [3.8, 4) is 5.75 Å². The molecule has 0 radical (unpaired) electrons. The molecule has 0 spiro atoms. The zero-order valence-electron chi connectivity index (χ0n) is 16.6. The van der Waals surface area contributed by atoms with Gasteiger partial charge in [-0.05, 0) is 47.7 Å². The Morgan fingerprint density at radius 1 is 1.18 bits per heavy atom. The molecule has 4 rings (SSSR count). The average molecular weight is 488 g/mol. The van der Waals surface area contributed by atoms with Gasteiger partial charge in [0.2, 0.25) is 10.9 Å². The third-order valence-corrected chi connectivity index (χ3v) is 6.26. The van der Waals surface area contributed by atoms with E-state index in [9.17, 15) is 40.7 Å². The molecule has 2 N–H and O–H groups in total. The van der Waals surface area contributed by atoms with Crippen molar-refractivity contribution in [1.29, 1.82) is 0 Å². The number of anilines is 2. The van der Waals surface area contributed by atoms with Crippen LogP contribution in [0.15, 0.2) is 30.3 Å². The molecule has 33 heavy (non-hydrogen) atoms. The molecular weight excluding hydrogens is 472 g/mol. The van der Waals surface area contributed by atoms with Crippen LogP contribution >= 0.6 is 0 Å². The van der Waals surface area contributed by atoms with Gasteiger partial charge in [-0.1, -0.05) is 6.07 Å². The van der Waals surface area contributed by atoms with Crippen LogP contribution in [0.3, 0.4) is 0 Å². The van der Waals surface area contributed by atoms with Crippen LogP contribution in [0.25, 0.3) is 0 Å². The number of benzene rings is 2. The van der Waals surface area contributed by atoms with E-state index in [0.717, 1.165) is 24.6 Å². The number of alkyl halides is 3. The highest BCUT2D eigenvalue weighted by atomic mass is 32.2. The van der Waals surface area contributed by atoms with Gasteiger partial charge in [-0.2, -0.15) is 13.2 Å². The Morgan fingerprint density at radius 2 is 1.88 bits per heavy atom. The molecule has 2 aromatic carbocycles. The maximum absolute atomic E-state index is 13.8. The molecule has 0 unspecified atom stereocenters. The molecule has 2 aliphatic rings. The Bertz CT molecular complexity index is 1220. The van der Waals surface area contributed by atoms with Gasteiger partial charge in [0.25, 0.3) is 0 Å². The van der Waals surface area contributed by atoms with Gasteiger partial charge in [-0.3, -0.25) is 4.79 Å². The normalized spacial score (nSPS) is 18.7. The Kier molecular flexibility index (Phi) is 5.68. The van der Waals surface area contributed by atoms with Crippen LogP contribution in [0.2, 0.25) is 0 Å². The third kappa shape index (κ3) is 4.32. The lowest BCUT2D eigenvalue weighted by Gasteiger charge is -2.26. The van der Waals surface area contributed by atoms with Gasteiger partial charge < -0.3 is 15.2 Å². The highest BCUT2D eigenvalue weighted by Gasteiger charge is 2.46. The molecule has 1 heterocycles. The number of carboxylic acids is 1. The molecule has 1 saturated carbocycles. The molecule has 1 amide bonds. The summed E-state index contributed by atoms with van der Waals surface area (Å²) in [7, 11) is -3.59. The minimum atomic E-state index is -5.20. The number of hydrogen-bond donors (Lipinski definition) is 3. The summed E-state index contributed by atoms with van der Waals surface area (Å²) in [5, 5.41) is 11.4. The molecule has 1 aliphatic heterocycles. The Morgan fingerprint density at radius 3 is 2.52 bits per heavy atom. The van der Waals surface area contributed by atoms with Gasteiger partial charge in [-0.25, -0.2) is 21.9 Å². The predicted molar refractivity (Wildman–Crippen MR) is 106 cm³/mol. The summed E-state index contributed by atoms with van der Waals surface area (Å²) in [6, 6.07) is 5.39. The van der Waals surface area contributed by atoms with Crippen LogP contribution in [-0.4, -0.2) is 38.2 Å². The SMILES string of the molecule is O=C(O)c1c(N(c2ccc(F)cc2CNC(=O)C(F)(F)F)[SH](=O)=O)ccc2c1OC[C@@H]1C[C@H]21. The molecular formula is C20H16F4N2O6S. The number of carboxylic acid groups (broad SMARTS) is 1. The van der Waals surface area contributed by atoms with Crippen molar-refractivity contribution < 1.29 is 45.4 Å². The molecule has 0 saturated heterocycles. The first kappa shape index (κ1) is 22.8. The predicted octanol–water partition coefficient (Wildman–Crippen LogP) is 2.86. The zero-order chi connectivity index (χ0) is 24.1. The van der Waals surface area contributed by atoms with Gasteiger partial charge in [0, 0.05) is 12.5 Å². The van der Waals surface area contributed by atoms with E-state index in [1.165, 1.54) is 6.07 Å². The fourth-order valence-electron chi connectivity index (χ4n) is 3.91. The smallest absolute Gasteiger partial charge is 0.471 e. The van der Waals surface area contributed by atoms with Crippen LogP contribution in [0, 0.1) is 11.7 Å². The Balaban J connectivity index is 1.81. The highest BCUT2D eigenvalue weighted by Crippen LogP contribution is 2.55. The van der Waals surface area contributed by atoms with Crippen molar-refractivity contribution in [1.82, 2.24) is 5.32 Å². The highest BCUT2D eigenvalue weighted by molar-refractivity contribution is 7.74. The van der Waals surface area contributed by atoms with Crippen LogP contribution in [0.5, 0.6) is 5.75 Å². The molecule has 176 valence electrons. The number of rotatable bonds is 6. The molecule has 13 heteroatoms. The second-order valence-electron chi connectivity index (χ2n) is 7.60. The molecule has 0 bridgehead atoms. The van der Waals surface area contributed by atoms with Gasteiger partial charge in [0.15, 0.2) is 0 Å². The lowest BCUT2D eigenvalue weighted by molar-refractivity contribution is -0.173. The minimum Gasteiger partial charge on any atom is -0.492 e. The molecule has 1 aliphatic carbocycles. The van der Waals surface area contributed by atoms with Crippen LogP contribution in [-0.2, 0) is 22.2 Å². The number of amides is 1. The van der Waals surface area contributed by atoms with E-state index in [4.69, 9.17) is 4.74 Å². The fourth-order valence-corrected chi connectivity index (χ4v) is 4.62. The fraction of sp³-hybridized carbons (Fsp3) is 0.300. The number of nitrogens with one attached hydrogen (secondary N) is 1. The summed E-state index contributed by atoms with van der Waals surface area (Å²) < 4.78 is 82.1. The molecule has 2 aromatic rings. The van der Waals surface area contributed by atoms with E-state index >= 15 is 0 Å². The molecule has 2 atom stereocenters. The van der Waals surface area contributed by atoms with Gasteiger partial charge in [0.05, 0.1) is 18.0 Å². The Hall–Kier alpha value is -3.35. The van der Waals surface area contributed by atoms with Gasteiger partial charge in [-0.15, -0.1) is 0 Å². The molecule has 8 nitrogen and oxygen atoms in total. The Labute approximate surface area is 185 Å². The second kappa shape index (κ2) is 8.21. The first-order valence-electron chi connectivity index (χ1n) is 9.60. The lowest BCUT2D eigenvalue weighted by atomic mass is 9.99. The first-order valence-corrected chi connectivity index (χ1v) is 10.7. The third-order valence-electron chi connectivity index (χ3n) is 5.50. The number of hydrogen-bond acceptors (Lipinski definition) is 5. The molecule has 0 aromatic heterocycles. The van der Waals surface area contributed by atoms with Crippen LogP contribution in [0.1, 0.15) is 33.8 Å². The monoisotopic (exact) mass is 488 g/mol. The van der Waals surface area contributed by atoms with E-state index in [0.29, 0.717) is 9.87 Å². The summed E-state index contributed by atoms with van der Waals surface area (Å²) in [5.74, 6) is -4.29. The van der Waals surface area contributed by atoms with Crippen molar-refractivity contribution >= 4 is 34.1 Å². The quantitative estimate of drug-likeness (QED) is 0.426. The number of carbonyl (C=O) groups is 2. The van der Waals surface area contributed by atoms with E-state index < -0.39 is 46.9 Å². The maximum Gasteiger partial charge on any atom is 0.471 e. The molecule has 1 fully saturated rings. The van der Waals surface area contributed by atoms with Gasteiger partial charge >= 0.3 is 18.1 Å². The van der Waals surface area contributed by atoms with E-state index in [1.807, 2.05) is 0 Å². The largest absolute Gasteiger partial charge is 0.492 e. The van der Waals surface area contributed by atoms with Crippen LogP contribution < -0.4 is 14.4 Å². The van der Waals surface area contributed by atoms with Crippen molar-refractivity contribution in [3.63, 3.8) is 0 Å². The number of thiol groups is 1. The maximum atomic E-state index is 13.8. The summed E-state index contributed by atoms with van der Waals surface area (Å²) in [6.07, 6.45) is -4.39. The lowest BCUT2D eigenvalue weighted by Crippen LogP contribution is -2.36.